The molecule has 1 atom stereocenters. The number of nitriles is 1. The molecule has 19 heavy (non-hydrogen) atoms. The second kappa shape index (κ2) is 5.98. The molecule has 1 aliphatic heterocycles. The molecule has 2 rings (SSSR count). The predicted molar refractivity (Wildman–Crippen MR) is 74.3 cm³/mol. The van der Waals surface area contributed by atoms with Crippen LogP contribution in [0.3, 0.4) is 0 Å². The summed E-state index contributed by atoms with van der Waals surface area (Å²) in [6.45, 7) is 3.92. The van der Waals surface area contributed by atoms with Crippen LogP contribution in [0.5, 0.6) is 0 Å². The lowest BCUT2D eigenvalue weighted by atomic mass is 9.92. The van der Waals surface area contributed by atoms with Gasteiger partial charge in [-0.1, -0.05) is 6.92 Å². The molecule has 1 aromatic rings. The van der Waals surface area contributed by atoms with Crippen molar-refractivity contribution in [3.05, 3.63) is 34.3 Å². The normalized spacial score (nSPS) is 19.2. The summed E-state index contributed by atoms with van der Waals surface area (Å²) in [6.07, 6.45) is 1.26. The van der Waals surface area contributed by atoms with E-state index in [0.29, 0.717) is 16.4 Å². The van der Waals surface area contributed by atoms with Gasteiger partial charge >= 0.3 is 0 Å². The molecule has 0 aromatic carbocycles. The van der Waals surface area contributed by atoms with Crippen LogP contribution in [0.1, 0.15) is 37.2 Å². The van der Waals surface area contributed by atoms with Crippen LogP contribution in [0.25, 0.3) is 0 Å². The Hall–Kier alpha value is -1.67. The molecule has 4 nitrogen and oxygen atoms in total. The summed E-state index contributed by atoms with van der Waals surface area (Å²) in [5.74, 6) is 2.05. The van der Waals surface area contributed by atoms with Crippen LogP contribution in [0.4, 0.5) is 0 Å². The van der Waals surface area contributed by atoms with Gasteiger partial charge in [-0.25, -0.2) is 0 Å². The molecule has 0 aliphatic carbocycles. The van der Waals surface area contributed by atoms with Crippen molar-refractivity contribution < 1.29 is 9.21 Å². The van der Waals surface area contributed by atoms with Gasteiger partial charge in [-0.15, -0.1) is 11.8 Å². The standard InChI is InChI=1S/C14H16N2O2S/c1-3-6-19-14-11(8-15)10(7-13(17)16-14)12-5-4-9(2)18-12/h4-5,10H,3,6-7H2,1-2H3,(H,16,17)/t10-/m1/s1. The maximum Gasteiger partial charge on any atom is 0.225 e. The van der Waals surface area contributed by atoms with Crippen LogP contribution >= 0.6 is 11.8 Å². The zero-order valence-corrected chi connectivity index (χ0v) is 11.8. The molecule has 5 heteroatoms. The maximum atomic E-state index is 11.8. The third-order valence-corrected chi connectivity index (χ3v) is 4.13. The lowest BCUT2D eigenvalue weighted by molar-refractivity contribution is -0.120. The molecule has 1 amide bonds. The van der Waals surface area contributed by atoms with E-state index in [1.54, 1.807) is 0 Å². The van der Waals surface area contributed by atoms with Gasteiger partial charge in [0.25, 0.3) is 0 Å². The summed E-state index contributed by atoms with van der Waals surface area (Å²) >= 11 is 1.52. The first-order valence-corrected chi connectivity index (χ1v) is 7.27. The fourth-order valence-electron chi connectivity index (χ4n) is 2.02. The minimum absolute atomic E-state index is 0.0587. The first-order chi connectivity index (χ1) is 9.15. The number of thioether (sulfide) groups is 1. The van der Waals surface area contributed by atoms with Crippen LogP contribution in [0.15, 0.2) is 27.2 Å². The van der Waals surface area contributed by atoms with Crippen molar-refractivity contribution in [2.75, 3.05) is 5.75 Å². The molecule has 0 radical (unpaired) electrons. The van der Waals surface area contributed by atoms with Gasteiger partial charge in [0.2, 0.25) is 5.91 Å². The van der Waals surface area contributed by atoms with Gasteiger partial charge in [0.15, 0.2) is 0 Å². The number of aryl methyl sites for hydroxylation is 1. The molecule has 0 unspecified atom stereocenters. The Kier molecular flexibility index (Phi) is 4.33. The number of nitrogens with one attached hydrogen (secondary N) is 1. The number of carbonyl (C=O) groups is 1. The Balaban J connectivity index is 2.35. The lowest BCUT2D eigenvalue weighted by Gasteiger charge is -2.23. The number of carbonyl (C=O) groups excluding carboxylic acids is 1. The molecule has 0 saturated carbocycles. The van der Waals surface area contributed by atoms with E-state index in [0.717, 1.165) is 17.9 Å². The Bertz CT molecular complexity index is 554. The van der Waals surface area contributed by atoms with E-state index < -0.39 is 0 Å². The van der Waals surface area contributed by atoms with Gasteiger partial charge in [-0.05, 0) is 31.2 Å². The second-order valence-corrected chi connectivity index (χ2v) is 5.56. The average molecular weight is 276 g/mol. The average Bonchev–Trinajstić information content (AvgIpc) is 2.82. The number of hydrogen-bond acceptors (Lipinski definition) is 4. The van der Waals surface area contributed by atoms with E-state index >= 15 is 0 Å². The molecule has 1 aliphatic rings. The number of rotatable bonds is 4. The molecule has 0 saturated heterocycles. The van der Waals surface area contributed by atoms with E-state index in [1.807, 2.05) is 19.1 Å². The maximum absolute atomic E-state index is 11.8. The van der Waals surface area contributed by atoms with E-state index in [4.69, 9.17) is 4.42 Å². The van der Waals surface area contributed by atoms with Gasteiger partial charge in [0.1, 0.15) is 11.5 Å². The van der Waals surface area contributed by atoms with Crippen LogP contribution in [0, 0.1) is 18.3 Å². The molecule has 0 spiro atoms. The Morgan fingerprint density at radius 2 is 2.37 bits per heavy atom. The van der Waals surface area contributed by atoms with Gasteiger partial charge < -0.3 is 9.73 Å². The fourth-order valence-corrected chi connectivity index (χ4v) is 2.96. The Morgan fingerprint density at radius 3 is 2.95 bits per heavy atom. The molecule has 0 bridgehead atoms. The number of hydrogen-bond donors (Lipinski definition) is 1. The van der Waals surface area contributed by atoms with E-state index in [9.17, 15) is 10.1 Å². The zero-order chi connectivity index (χ0) is 13.8. The van der Waals surface area contributed by atoms with Crippen LogP contribution in [-0.2, 0) is 4.79 Å². The predicted octanol–water partition coefficient (Wildman–Crippen LogP) is 3.07. The molecule has 0 fully saturated rings. The van der Waals surface area contributed by atoms with Crippen molar-refractivity contribution in [3.63, 3.8) is 0 Å². The molecular formula is C14H16N2O2S. The van der Waals surface area contributed by atoms with Crippen molar-refractivity contribution in [1.29, 1.82) is 5.26 Å². The highest BCUT2D eigenvalue weighted by molar-refractivity contribution is 8.03. The summed E-state index contributed by atoms with van der Waals surface area (Å²) < 4.78 is 5.58. The first kappa shape index (κ1) is 13.8. The minimum atomic E-state index is -0.258. The van der Waals surface area contributed by atoms with E-state index in [1.165, 1.54) is 11.8 Å². The zero-order valence-electron chi connectivity index (χ0n) is 11.0. The molecule has 1 aromatic heterocycles. The van der Waals surface area contributed by atoms with Gasteiger partial charge in [-0.2, -0.15) is 5.26 Å². The smallest absolute Gasteiger partial charge is 0.225 e. The van der Waals surface area contributed by atoms with Crippen LogP contribution in [-0.4, -0.2) is 11.7 Å². The van der Waals surface area contributed by atoms with Gasteiger partial charge in [0.05, 0.1) is 22.6 Å². The van der Waals surface area contributed by atoms with E-state index in [-0.39, 0.29) is 18.2 Å². The van der Waals surface area contributed by atoms with Gasteiger partial charge in [-0.3, -0.25) is 4.79 Å². The summed E-state index contributed by atoms with van der Waals surface area (Å²) in [7, 11) is 0. The largest absolute Gasteiger partial charge is 0.466 e. The third kappa shape index (κ3) is 3.02. The van der Waals surface area contributed by atoms with Crippen molar-refractivity contribution >= 4 is 17.7 Å². The number of amides is 1. The third-order valence-electron chi connectivity index (χ3n) is 2.91. The second-order valence-electron chi connectivity index (χ2n) is 4.46. The molecule has 1 N–H and O–H groups in total. The van der Waals surface area contributed by atoms with Crippen LogP contribution < -0.4 is 5.32 Å². The first-order valence-electron chi connectivity index (χ1n) is 6.29. The molecular weight excluding hydrogens is 260 g/mol. The van der Waals surface area contributed by atoms with Crippen molar-refractivity contribution in [3.8, 4) is 6.07 Å². The highest BCUT2D eigenvalue weighted by Gasteiger charge is 2.31. The number of furan rings is 1. The SMILES string of the molecule is CCCSC1=C(C#N)[C@H](c2ccc(C)o2)CC(=O)N1. The number of nitrogens with zero attached hydrogens (tertiary/aromatic N) is 1. The van der Waals surface area contributed by atoms with E-state index in [2.05, 4.69) is 18.3 Å². The molecule has 100 valence electrons. The van der Waals surface area contributed by atoms with Crippen molar-refractivity contribution in [1.82, 2.24) is 5.32 Å². The fraction of sp³-hybridized carbons (Fsp3) is 0.429. The van der Waals surface area contributed by atoms with Crippen LogP contribution in [0.2, 0.25) is 0 Å². The summed E-state index contributed by atoms with van der Waals surface area (Å²) in [4.78, 5) is 11.8. The van der Waals surface area contributed by atoms with Gasteiger partial charge in [0, 0.05) is 6.42 Å². The Morgan fingerprint density at radius 1 is 1.58 bits per heavy atom. The quantitative estimate of drug-likeness (QED) is 0.917. The van der Waals surface area contributed by atoms with Crippen molar-refractivity contribution in [2.24, 2.45) is 0 Å². The molecule has 2 heterocycles. The monoisotopic (exact) mass is 276 g/mol. The summed E-state index contributed by atoms with van der Waals surface area (Å²) in [5, 5.41) is 12.8. The highest BCUT2D eigenvalue weighted by Crippen LogP contribution is 2.36. The van der Waals surface area contributed by atoms with Crippen molar-refractivity contribution in [2.45, 2.75) is 32.6 Å². The Labute approximate surface area is 116 Å². The number of allylic oxidation sites excluding steroid dienone is 1. The summed E-state index contributed by atoms with van der Waals surface area (Å²) in [6, 6.07) is 5.93. The lowest BCUT2D eigenvalue weighted by Crippen LogP contribution is -2.30. The highest BCUT2D eigenvalue weighted by atomic mass is 32.2. The summed E-state index contributed by atoms with van der Waals surface area (Å²) in [5.41, 5.74) is 0.604. The topological polar surface area (TPSA) is 66.0 Å². The minimum Gasteiger partial charge on any atom is -0.466 e.